The van der Waals surface area contributed by atoms with Crippen molar-refractivity contribution in [3.05, 3.63) is 112 Å². The van der Waals surface area contributed by atoms with E-state index in [1.807, 2.05) is 68.4 Å². The Morgan fingerprint density at radius 1 is 0.921 bits per heavy atom. The standard InChI is InChI=1S/C31H25NO5S/c1-20-10-11-21(2)27(18-20)36-17-16-32-29(33)28(38-31(32)35)19-22-12-14-24(15-13-22)37-30(34)26-9-5-7-23-6-3-4-8-25(23)26/h3-15,18-19H,16-17H2,1-2H3/b28-19-. The van der Waals surface area contributed by atoms with Gasteiger partial charge in [0, 0.05) is 0 Å². The summed E-state index contributed by atoms with van der Waals surface area (Å²) in [5.74, 6) is 0.334. The Hall–Kier alpha value is -4.36. The number of benzene rings is 4. The van der Waals surface area contributed by atoms with E-state index in [9.17, 15) is 14.4 Å². The van der Waals surface area contributed by atoms with E-state index in [-0.39, 0.29) is 24.3 Å². The molecule has 1 aliphatic rings. The summed E-state index contributed by atoms with van der Waals surface area (Å²) in [6, 6.07) is 25.9. The van der Waals surface area contributed by atoms with Crippen molar-refractivity contribution in [2.75, 3.05) is 13.2 Å². The number of hydrogen-bond acceptors (Lipinski definition) is 6. The summed E-state index contributed by atoms with van der Waals surface area (Å²) in [6.07, 6.45) is 1.66. The molecule has 1 fully saturated rings. The summed E-state index contributed by atoms with van der Waals surface area (Å²) in [5.41, 5.74) is 3.28. The maximum absolute atomic E-state index is 12.9. The number of hydrogen-bond donors (Lipinski definition) is 0. The van der Waals surface area contributed by atoms with Gasteiger partial charge in [0.15, 0.2) is 0 Å². The Morgan fingerprint density at radius 3 is 2.50 bits per heavy atom. The number of amides is 2. The highest BCUT2D eigenvalue weighted by Gasteiger charge is 2.34. The molecule has 1 heterocycles. The molecule has 0 radical (unpaired) electrons. The van der Waals surface area contributed by atoms with E-state index in [2.05, 4.69) is 0 Å². The summed E-state index contributed by atoms with van der Waals surface area (Å²) in [5, 5.41) is 1.46. The van der Waals surface area contributed by atoms with Crippen molar-refractivity contribution in [1.29, 1.82) is 0 Å². The maximum Gasteiger partial charge on any atom is 0.344 e. The summed E-state index contributed by atoms with van der Waals surface area (Å²) in [6.45, 7) is 4.31. The molecule has 0 bridgehead atoms. The SMILES string of the molecule is Cc1ccc(C)c(OCCN2C(=O)S/C(=C\c3ccc(OC(=O)c4cccc5ccccc45)cc3)C2=O)c1. The molecule has 6 nitrogen and oxygen atoms in total. The molecule has 5 rings (SSSR count). The van der Waals surface area contributed by atoms with Gasteiger partial charge in [0.1, 0.15) is 18.1 Å². The Kier molecular flexibility index (Phi) is 7.29. The zero-order chi connectivity index (χ0) is 26.6. The average molecular weight is 524 g/mol. The van der Waals surface area contributed by atoms with Crippen LogP contribution in [0, 0.1) is 13.8 Å². The second-order valence-electron chi connectivity index (χ2n) is 8.94. The van der Waals surface area contributed by atoms with Gasteiger partial charge < -0.3 is 9.47 Å². The van der Waals surface area contributed by atoms with Crippen LogP contribution in [0.4, 0.5) is 4.79 Å². The maximum atomic E-state index is 12.9. The van der Waals surface area contributed by atoms with Gasteiger partial charge >= 0.3 is 5.97 Å². The van der Waals surface area contributed by atoms with Crippen molar-refractivity contribution in [3.63, 3.8) is 0 Å². The zero-order valence-corrected chi connectivity index (χ0v) is 21.8. The summed E-state index contributed by atoms with van der Waals surface area (Å²) in [7, 11) is 0. The van der Waals surface area contributed by atoms with Gasteiger partial charge in [-0.15, -0.1) is 0 Å². The second kappa shape index (κ2) is 10.9. The fourth-order valence-electron chi connectivity index (χ4n) is 4.15. The van der Waals surface area contributed by atoms with Crippen LogP contribution < -0.4 is 9.47 Å². The molecule has 2 amide bonds. The Labute approximate surface area is 224 Å². The smallest absolute Gasteiger partial charge is 0.344 e. The minimum atomic E-state index is -0.446. The molecular formula is C31H25NO5S. The van der Waals surface area contributed by atoms with E-state index in [0.717, 1.165) is 39.4 Å². The first kappa shape index (κ1) is 25.3. The number of nitrogens with zero attached hydrogens (tertiary/aromatic N) is 1. The van der Waals surface area contributed by atoms with Crippen molar-refractivity contribution in [1.82, 2.24) is 4.90 Å². The van der Waals surface area contributed by atoms with Gasteiger partial charge in [0.25, 0.3) is 11.1 Å². The van der Waals surface area contributed by atoms with E-state index < -0.39 is 5.97 Å². The molecule has 38 heavy (non-hydrogen) atoms. The number of aryl methyl sites for hydroxylation is 2. The van der Waals surface area contributed by atoms with Crippen LogP contribution in [0.5, 0.6) is 11.5 Å². The zero-order valence-electron chi connectivity index (χ0n) is 21.0. The van der Waals surface area contributed by atoms with Crippen molar-refractivity contribution in [3.8, 4) is 11.5 Å². The lowest BCUT2D eigenvalue weighted by Gasteiger charge is -2.14. The molecule has 0 aromatic heterocycles. The van der Waals surface area contributed by atoms with Gasteiger partial charge in [-0.25, -0.2) is 4.79 Å². The molecule has 0 N–H and O–H groups in total. The largest absolute Gasteiger partial charge is 0.491 e. The third-order valence-corrected chi connectivity index (χ3v) is 7.10. The first-order valence-electron chi connectivity index (χ1n) is 12.1. The van der Waals surface area contributed by atoms with Crippen LogP contribution in [0.25, 0.3) is 16.8 Å². The number of fused-ring (bicyclic) bond motifs is 1. The van der Waals surface area contributed by atoms with Gasteiger partial charge in [0.2, 0.25) is 0 Å². The number of ether oxygens (including phenoxy) is 2. The quantitative estimate of drug-likeness (QED) is 0.151. The lowest BCUT2D eigenvalue weighted by Crippen LogP contribution is -2.32. The van der Waals surface area contributed by atoms with Crippen molar-refractivity contribution in [2.24, 2.45) is 0 Å². The average Bonchev–Trinajstić information content (AvgIpc) is 3.18. The fourth-order valence-corrected chi connectivity index (χ4v) is 5.02. The Balaban J connectivity index is 1.21. The van der Waals surface area contributed by atoms with Crippen LogP contribution in [0.15, 0.2) is 89.8 Å². The van der Waals surface area contributed by atoms with Gasteiger partial charge in [-0.3, -0.25) is 14.5 Å². The summed E-state index contributed by atoms with van der Waals surface area (Å²) >= 11 is 0.899. The van der Waals surface area contributed by atoms with Crippen molar-refractivity contribution < 1.29 is 23.9 Å². The molecule has 1 aliphatic heterocycles. The van der Waals surface area contributed by atoms with Crippen LogP contribution in [-0.2, 0) is 4.79 Å². The predicted octanol–water partition coefficient (Wildman–Crippen LogP) is 6.79. The predicted molar refractivity (Wildman–Crippen MR) is 149 cm³/mol. The highest BCUT2D eigenvalue weighted by atomic mass is 32.2. The highest BCUT2D eigenvalue weighted by molar-refractivity contribution is 8.18. The van der Waals surface area contributed by atoms with Crippen LogP contribution in [-0.4, -0.2) is 35.2 Å². The molecule has 4 aromatic carbocycles. The van der Waals surface area contributed by atoms with Gasteiger partial charge in [-0.2, -0.15) is 0 Å². The number of rotatable bonds is 7. The molecule has 0 unspecified atom stereocenters. The number of thioether (sulfide) groups is 1. The molecule has 0 atom stereocenters. The van der Waals surface area contributed by atoms with Crippen LogP contribution in [0.3, 0.4) is 0 Å². The molecule has 0 saturated carbocycles. The molecule has 7 heteroatoms. The number of imide groups is 1. The Morgan fingerprint density at radius 2 is 1.68 bits per heavy atom. The minimum Gasteiger partial charge on any atom is -0.491 e. The molecule has 1 saturated heterocycles. The van der Waals surface area contributed by atoms with E-state index >= 15 is 0 Å². The molecule has 190 valence electrons. The van der Waals surface area contributed by atoms with E-state index in [1.54, 1.807) is 36.4 Å². The summed E-state index contributed by atoms with van der Waals surface area (Å²) < 4.78 is 11.4. The lowest BCUT2D eigenvalue weighted by atomic mass is 10.0. The molecule has 0 aliphatic carbocycles. The van der Waals surface area contributed by atoms with Crippen molar-refractivity contribution >= 4 is 45.7 Å². The van der Waals surface area contributed by atoms with Crippen molar-refractivity contribution in [2.45, 2.75) is 13.8 Å². The van der Waals surface area contributed by atoms with E-state index in [0.29, 0.717) is 21.8 Å². The highest BCUT2D eigenvalue weighted by Crippen LogP contribution is 2.32. The van der Waals surface area contributed by atoms with Crippen LogP contribution >= 0.6 is 11.8 Å². The van der Waals surface area contributed by atoms with Gasteiger partial charge in [-0.05, 0) is 83.4 Å². The molecule has 0 spiro atoms. The number of esters is 1. The van der Waals surface area contributed by atoms with E-state index in [1.165, 1.54) is 4.90 Å². The second-order valence-corrected chi connectivity index (χ2v) is 9.93. The number of carbonyl (C=O) groups excluding carboxylic acids is 3. The Bertz CT molecular complexity index is 1570. The van der Waals surface area contributed by atoms with Crippen LogP contribution in [0.2, 0.25) is 0 Å². The molecular weight excluding hydrogens is 498 g/mol. The fraction of sp³-hybridized carbons (Fsp3) is 0.129. The third-order valence-electron chi connectivity index (χ3n) is 6.19. The lowest BCUT2D eigenvalue weighted by molar-refractivity contribution is -0.123. The first-order chi connectivity index (χ1) is 18.4. The number of carbonyl (C=O) groups is 3. The minimum absolute atomic E-state index is 0.165. The molecule has 4 aromatic rings. The topological polar surface area (TPSA) is 72.9 Å². The summed E-state index contributed by atoms with van der Waals surface area (Å²) in [4.78, 5) is 39.6. The van der Waals surface area contributed by atoms with E-state index in [4.69, 9.17) is 9.47 Å². The van der Waals surface area contributed by atoms with Gasteiger partial charge in [0.05, 0.1) is 17.0 Å². The first-order valence-corrected chi connectivity index (χ1v) is 13.0. The van der Waals surface area contributed by atoms with Gasteiger partial charge in [-0.1, -0.05) is 60.7 Å². The normalized spacial score (nSPS) is 14.4. The third kappa shape index (κ3) is 5.48. The monoisotopic (exact) mass is 523 g/mol. The van der Waals surface area contributed by atoms with Crippen LogP contribution in [0.1, 0.15) is 27.0 Å².